The molecule has 6 heteroatoms. The van der Waals surface area contributed by atoms with Crippen LogP contribution in [0.5, 0.6) is 0 Å². The minimum absolute atomic E-state index is 0.305. The lowest BCUT2D eigenvalue weighted by Crippen LogP contribution is -2.13. The standard InChI is InChI=1S/C20H17F2N3O/c1-12-3-4-13(2)19(7-12)25-20(26)14-8-16(11-23-10-14)24-15-5-6-17(21)18(22)9-15/h3-11,24H,1-2H3,(H,25,26). The molecule has 4 nitrogen and oxygen atoms in total. The maximum Gasteiger partial charge on any atom is 0.257 e. The lowest BCUT2D eigenvalue weighted by atomic mass is 10.1. The molecule has 1 amide bonds. The third-order valence-corrected chi connectivity index (χ3v) is 3.85. The second kappa shape index (κ2) is 7.31. The fraction of sp³-hybridized carbons (Fsp3) is 0.100. The molecule has 0 unspecified atom stereocenters. The molecule has 1 aromatic heterocycles. The Kier molecular flexibility index (Phi) is 4.93. The number of hydrogen-bond donors (Lipinski definition) is 2. The molecule has 0 atom stereocenters. The average molecular weight is 353 g/mol. The predicted molar refractivity (Wildman–Crippen MR) is 97.7 cm³/mol. The van der Waals surface area contributed by atoms with Gasteiger partial charge >= 0.3 is 0 Å². The van der Waals surface area contributed by atoms with Crippen molar-refractivity contribution < 1.29 is 13.6 Å². The van der Waals surface area contributed by atoms with Crippen molar-refractivity contribution in [2.24, 2.45) is 0 Å². The van der Waals surface area contributed by atoms with Gasteiger partial charge in [0.05, 0.1) is 17.4 Å². The Bertz CT molecular complexity index is 973. The average Bonchev–Trinajstić information content (AvgIpc) is 2.61. The van der Waals surface area contributed by atoms with Crippen LogP contribution in [0.15, 0.2) is 54.9 Å². The summed E-state index contributed by atoms with van der Waals surface area (Å²) in [6.45, 7) is 3.86. The first-order valence-electron chi connectivity index (χ1n) is 7.98. The largest absolute Gasteiger partial charge is 0.354 e. The summed E-state index contributed by atoms with van der Waals surface area (Å²) in [5.74, 6) is -2.18. The Balaban J connectivity index is 1.78. The molecule has 2 N–H and O–H groups in total. The van der Waals surface area contributed by atoms with E-state index in [4.69, 9.17) is 0 Å². The Morgan fingerprint density at radius 3 is 2.50 bits per heavy atom. The van der Waals surface area contributed by atoms with Crippen molar-refractivity contribution in [3.63, 3.8) is 0 Å². The molecule has 3 aromatic rings. The molecular weight excluding hydrogens is 336 g/mol. The fourth-order valence-corrected chi connectivity index (χ4v) is 2.44. The van der Waals surface area contributed by atoms with E-state index in [1.54, 1.807) is 6.07 Å². The van der Waals surface area contributed by atoms with Gasteiger partial charge in [-0.1, -0.05) is 12.1 Å². The van der Waals surface area contributed by atoms with Crippen LogP contribution in [0.1, 0.15) is 21.5 Å². The number of aryl methyl sites for hydroxylation is 2. The summed E-state index contributed by atoms with van der Waals surface area (Å²) in [7, 11) is 0. The van der Waals surface area contributed by atoms with Crippen LogP contribution >= 0.6 is 0 Å². The molecule has 3 rings (SSSR count). The Hall–Kier alpha value is -3.28. The molecule has 0 aliphatic rings. The summed E-state index contributed by atoms with van der Waals surface area (Å²) >= 11 is 0. The van der Waals surface area contributed by atoms with Crippen LogP contribution in [0.2, 0.25) is 0 Å². The zero-order chi connectivity index (χ0) is 18.7. The third-order valence-electron chi connectivity index (χ3n) is 3.85. The summed E-state index contributed by atoms with van der Waals surface area (Å²) in [5.41, 5.74) is 3.92. The zero-order valence-corrected chi connectivity index (χ0v) is 14.3. The number of aromatic nitrogens is 1. The molecule has 0 aliphatic carbocycles. The smallest absolute Gasteiger partial charge is 0.257 e. The van der Waals surface area contributed by atoms with E-state index < -0.39 is 11.6 Å². The van der Waals surface area contributed by atoms with Gasteiger partial charge in [-0.15, -0.1) is 0 Å². The summed E-state index contributed by atoms with van der Waals surface area (Å²) in [5, 5.41) is 5.76. The second-order valence-corrected chi connectivity index (χ2v) is 5.99. The van der Waals surface area contributed by atoms with Gasteiger partial charge in [0.2, 0.25) is 0 Å². The van der Waals surface area contributed by atoms with Crippen LogP contribution in [-0.2, 0) is 0 Å². The molecule has 1 heterocycles. The van der Waals surface area contributed by atoms with Crippen molar-refractivity contribution in [3.05, 3.63) is 83.2 Å². The molecule has 0 bridgehead atoms. The molecule has 0 saturated carbocycles. The summed E-state index contributed by atoms with van der Waals surface area (Å²) in [6, 6.07) is 10.9. The van der Waals surface area contributed by atoms with Gasteiger partial charge in [0.1, 0.15) is 0 Å². The van der Waals surface area contributed by atoms with Crippen LogP contribution in [0.25, 0.3) is 0 Å². The van der Waals surface area contributed by atoms with Crippen molar-refractivity contribution in [2.75, 3.05) is 10.6 Å². The summed E-state index contributed by atoms with van der Waals surface area (Å²) in [6.07, 6.45) is 2.94. The summed E-state index contributed by atoms with van der Waals surface area (Å²) < 4.78 is 26.3. The van der Waals surface area contributed by atoms with E-state index in [-0.39, 0.29) is 5.91 Å². The van der Waals surface area contributed by atoms with Crippen molar-refractivity contribution in [3.8, 4) is 0 Å². The third kappa shape index (κ3) is 4.03. The van der Waals surface area contributed by atoms with Gasteiger partial charge in [0.15, 0.2) is 11.6 Å². The van der Waals surface area contributed by atoms with E-state index in [0.29, 0.717) is 16.9 Å². The molecule has 26 heavy (non-hydrogen) atoms. The van der Waals surface area contributed by atoms with E-state index in [9.17, 15) is 13.6 Å². The van der Waals surface area contributed by atoms with Gasteiger partial charge in [0.25, 0.3) is 5.91 Å². The quantitative estimate of drug-likeness (QED) is 0.696. The van der Waals surface area contributed by atoms with Crippen molar-refractivity contribution in [1.29, 1.82) is 0 Å². The molecule has 0 radical (unpaired) electrons. The molecule has 2 aromatic carbocycles. The number of carbonyl (C=O) groups is 1. The normalized spacial score (nSPS) is 10.5. The number of benzene rings is 2. The van der Waals surface area contributed by atoms with Gasteiger partial charge in [-0.2, -0.15) is 0 Å². The molecule has 0 saturated heterocycles. The number of anilines is 3. The number of nitrogens with one attached hydrogen (secondary N) is 2. The molecule has 0 fully saturated rings. The van der Waals surface area contributed by atoms with Crippen LogP contribution in [0, 0.1) is 25.5 Å². The van der Waals surface area contributed by atoms with E-state index in [2.05, 4.69) is 15.6 Å². The van der Waals surface area contributed by atoms with Crippen LogP contribution in [-0.4, -0.2) is 10.9 Å². The van der Waals surface area contributed by atoms with Crippen LogP contribution in [0.3, 0.4) is 0 Å². The van der Waals surface area contributed by atoms with Crippen molar-refractivity contribution >= 4 is 23.0 Å². The Labute approximate surface area is 149 Å². The number of carbonyl (C=O) groups excluding carboxylic acids is 1. The molecule has 0 spiro atoms. The highest BCUT2D eigenvalue weighted by Gasteiger charge is 2.10. The highest BCUT2D eigenvalue weighted by molar-refractivity contribution is 6.05. The first kappa shape index (κ1) is 17.5. The van der Waals surface area contributed by atoms with Gasteiger partial charge in [-0.3, -0.25) is 9.78 Å². The van der Waals surface area contributed by atoms with Gasteiger partial charge in [-0.05, 0) is 49.2 Å². The maximum absolute atomic E-state index is 13.3. The topological polar surface area (TPSA) is 54.0 Å². The molecule has 0 aliphatic heterocycles. The Morgan fingerprint density at radius 1 is 0.923 bits per heavy atom. The number of halogens is 2. The van der Waals surface area contributed by atoms with E-state index in [1.807, 2.05) is 32.0 Å². The number of nitrogens with zero attached hydrogens (tertiary/aromatic N) is 1. The monoisotopic (exact) mass is 353 g/mol. The molecular formula is C20H17F2N3O. The minimum Gasteiger partial charge on any atom is -0.354 e. The minimum atomic E-state index is -0.952. The fourth-order valence-electron chi connectivity index (χ4n) is 2.44. The zero-order valence-electron chi connectivity index (χ0n) is 14.3. The van der Waals surface area contributed by atoms with Gasteiger partial charge in [0, 0.05) is 23.6 Å². The Morgan fingerprint density at radius 2 is 1.73 bits per heavy atom. The lowest BCUT2D eigenvalue weighted by Gasteiger charge is -2.11. The van der Waals surface area contributed by atoms with Crippen LogP contribution in [0.4, 0.5) is 25.8 Å². The van der Waals surface area contributed by atoms with Crippen molar-refractivity contribution in [1.82, 2.24) is 4.98 Å². The SMILES string of the molecule is Cc1ccc(C)c(NC(=O)c2cncc(Nc3ccc(F)c(F)c3)c2)c1. The maximum atomic E-state index is 13.3. The van der Waals surface area contributed by atoms with Crippen LogP contribution < -0.4 is 10.6 Å². The molecule has 132 valence electrons. The van der Waals surface area contributed by atoms with E-state index in [1.165, 1.54) is 18.5 Å². The van der Waals surface area contributed by atoms with E-state index in [0.717, 1.165) is 28.9 Å². The first-order valence-corrected chi connectivity index (χ1v) is 7.98. The predicted octanol–water partition coefficient (Wildman–Crippen LogP) is 4.97. The second-order valence-electron chi connectivity index (χ2n) is 5.99. The highest BCUT2D eigenvalue weighted by atomic mass is 19.2. The van der Waals surface area contributed by atoms with Gasteiger partial charge < -0.3 is 10.6 Å². The van der Waals surface area contributed by atoms with E-state index >= 15 is 0 Å². The van der Waals surface area contributed by atoms with Gasteiger partial charge in [-0.25, -0.2) is 8.78 Å². The first-order chi connectivity index (χ1) is 12.4. The number of amides is 1. The highest BCUT2D eigenvalue weighted by Crippen LogP contribution is 2.21. The number of rotatable bonds is 4. The number of hydrogen-bond acceptors (Lipinski definition) is 3. The van der Waals surface area contributed by atoms with Crippen molar-refractivity contribution in [2.45, 2.75) is 13.8 Å². The summed E-state index contributed by atoms with van der Waals surface area (Å²) in [4.78, 5) is 16.5. The lowest BCUT2D eigenvalue weighted by molar-refractivity contribution is 0.102. The number of pyridine rings is 1.